The molecule has 146 valence electrons. The normalized spacial score (nSPS) is 17.7. The molecule has 0 aliphatic carbocycles. The van der Waals surface area contributed by atoms with Crippen molar-refractivity contribution in [2.24, 2.45) is 0 Å². The smallest absolute Gasteiger partial charge is 0.245 e. The molecule has 2 aromatic heterocycles. The molecular formula is C19H21N5O3S. The van der Waals surface area contributed by atoms with Gasteiger partial charge in [0.15, 0.2) is 5.82 Å². The number of hydrogen-bond acceptors (Lipinski definition) is 7. The number of aromatic nitrogens is 3. The fourth-order valence-electron chi connectivity index (χ4n) is 3.22. The van der Waals surface area contributed by atoms with Crippen molar-refractivity contribution in [2.45, 2.75) is 17.4 Å². The number of rotatable bonds is 5. The van der Waals surface area contributed by atoms with Gasteiger partial charge in [-0.3, -0.25) is 9.97 Å². The molecule has 0 radical (unpaired) electrons. The van der Waals surface area contributed by atoms with Gasteiger partial charge >= 0.3 is 0 Å². The number of para-hydroxylation sites is 1. The number of nitrogens with zero attached hydrogens (tertiary/aromatic N) is 5. The highest BCUT2D eigenvalue weighted by Gasteiger charge is 2.35. The van der Waals surface area contributed by atoms with Crippen LogP contribution in [0.5, 0.6) is 5.88 Å². The third kappa shape index (κ3) is 3.50. The minimum Gasteiger partial charge on any atom is -0.472 e. The third-order valence-corrected chi connectivity index (χ3v) is 6.56. The van der Waals surface area contributed by atoms with Crippen LogP contribution in [-0.4, -0.2) is 61.0 Å². The summed E-state index contributed by atoms with van der Waals surface area (Å²) in [5.41, 5.74) is 0.485. The van der Waals surface area contributed by atoms with E-state index in [-0.39, 0.29) is 17.5 Å². The fraction of sp³-hybridized carbons (Fsp3) is 0.316. The molecule has 1 fully saturated rings. The summed E-state index contributed by atoms with van der Waals surface area (Å²) in [5, 5.41) is 0.798. The van der Waals surface area contributed by atoms with Crippen molar-refractivity contribution in [3.8, 4) is 5.88 Å². The van der Waals surface area contributed by atoms with Crippen LogP contribution in [0.1, 0.15) is 6.42 Å². The zero-order valence-corrected chi connectivity index (χ0v) is 16.5. The second kappa shape index (κ2) is 7.33. The van der Waals surface area contributed by atoms with Gasteiger partial charge in [-0.1, -0.05) is 18.2 Å². The first-order chi connectivity index (χ1) is 13.4. The highest BCUT2D eigenvalue weighted by atomic mass is 32.2. The minimum atomic E-state index is -3.67. The van der Waals surface area contributed by atoms with Gasteiger partial charge in [0.25, 0.3) is 0 Å². The van der Waals surface area contributed by atoms with Crippen molar-refractivity contribution in [1.29, 1.82) is 0 Å². The molecule has 3 aromatic rings. The Morgan fingerprint density at radius 2 is 2.00 bits per heavy atom. The highest BCUT2D eigenvalue weighted by molar-refractivity contribution is 7.89. The van der Waals surface area contributed by atoms with Gasteiger partial charge in [0.2, 0.25) is 15.9 Å². The first-order valence-corrected chi connectivity index (χ1v) is 10.4. The number of fused-ring (bicyclic) bond motifs is 1. The molecule has 4 rings (SSSR count). The molecule has 1 aliphatic heterocycles. The van der Waals surface area contributed by atoms with Crippen molar-refractivity contribution in [3.05, 3.63) is 48.9 Å². The summed E-state index contributed by atoms with van der Waals surface area (Å²) in [6.45, 7) is 0.649. The van der Waals surface area contributed by atoms with Crippen molar-refractivity contribution < 1.29 is 13.2 Å². The maximum Gasteiger partial charge on any atom is 0.245 e. The van der Waals surface area contributed by atoms with Crippen molar-refractivity contribution in [3.63, 3.8) is 0 Å². The molecule has 1 aromatic carbocycles. The molecule has 0 spiro atoms. The lowest BCUT2D eigenvalue weighted by molar-refractivity contribution is 0.206. The van der Waals surface area contributed by atoms with Crippen LogP contribution in [0, 0.1) is 0 Å². The Kier molecular flexibility index (Phi) is 4.86. The van der Waals surface area contributed by atoms with Crippen molar-refractivity contribution in [2.75, 3.05) is 32.1 Å². The molecule has 9 heteroatoms. The number of anilines is 1. The van der Waals surface area contributed by atoms with Crippen LogP contribution in [0.25, 0.3) is 10.9 Å². The van der Waals surface area contributed by atoms with E-state index >= 15 is 0 Å². The zero-order valence-electron chi connectivity index (χ0n) is 15.7. The first-order valence-electron chi connectivity index (χ1n) is 8.95. The topological polar surface area (TPSA) is 88.5 Å². The Bertz CT molecular complexity index is 1100. The van der Waals surface area contributed by atoms with Crippen molar-refractivity contribution in [1.82, 2.24) is 19.3 Å². The maximum atomic E-state index is 13.2. The van der Waals surface area contributed by atoms with Gasteiger partial charge in [0.05, 0.1) is 24.5 Å². The van der Waals surface area contributed by atoms with E-state index < -0.39 is 10.0 Å². The number of hydrogen-bond donors (Lipinski definition) is 0. The Hall–Kier alpha value is -2.78. The summed E-state index contributed by atoms with van der Waals surface area (Å²) in [6.07, 6.45) is 5.10. The lowest BCUT2D eigenvalue weighted by Crippen LogP contribution is -2.31. The number of sulfonamides is 1. The number of benzene rings is 1. The predicted octanol–water partition coefficient (Wildman–Crippen LogP) is 1.93. The van der Waals surface area contributed by atoms with E-state index in [4.69, 9.17) is 4.74 Å². The van der Waals surface area contributed by atoms with E-state index in [0.29, 0.717) is 30.2 Å². The average molecular weight is 399 g/mol. The fourth-order valence-corrected chi connectivity index (χ4v) is 4.87. The van der Waals surface area contributed by atoms with Gasteiger partial charge in [-0.25, -0.2) is 8.42 Å². The van der Waals surface area contributed by atoms with Crippen LogP contribution in [0.4, 0.5) is 5.82 Å². The summed E-state index contributed by atoms with van der Waals surface area (Å²) in [7, 11) is 0.0763. The highest BCUT2D eigenvalue weighted by Crippen LogP contribution is 2.27. The van der Waals surface area contributed by atoms with Crippen LogP contribution >= 0.6 is 0 Å². The first kappa shape index (κ1) is 18.6. The maximum absolute atomic E-state index is 13.2. The molecule has 3 heterocycles. The van der Waals surface area contributed by atoms with Gasteiger partial charge in [-0.2, -0.15) is 9.29 Å². The van der Waals surface area contributed by atoms with E-state index in [1.165, 1.54) is 4.31 Å². The molecule has 0 saturated carbocycles. The Morgan fingerprint density at radius 3 is 2.82 bits per heavy atom. The van der Waals surface area contributed by atoms with Crippen molar-refractivity contribution >= 4 is 26.7 Å². The minimum absolute atomic E-state index is 0.223. The summed E-state index contributed by atoms with van der Waals surface area (Å²) in [6, 6.07) is 8.84. The lowest BCUT2D eigenvalue weighted by Gasteiger charge is -2.18. The zero-order chi connectivity index (χ0) is 19.7. The van der Waals surface area contributed by atoms with E-state index in [1.54, 1.807) is 36.8 Å². The Labute approximate surface area is 163 Å². The molecule has 1 saturated heterocycles. The van der Waals surface area contributed by atoms with Gasteiger partial charge in [0.1, 0.15) is 11.0 Å². The average Bonchev–Trinajstić information content (AvgIpc) is 3.17. The second-order valence-electron chi connectivity index (χ2n) is 6.83. The quantitative estimate of drug-likeness (QED) is 0.648. The number of pyridine rings is 1. The molecule has 0 bridgehead atoms. The van der Waals surface area contributed by atoms with E-state index in [2.05, 4.69) is 15.0 Å². The molecule has 0 N–H and O–H groups in total. The third-order valence-electron chi connectivity index (χ3n) is 4.67. The molecule has 1 atom stereocenters. The molecule has 8 nitrogen and oxygen atoms in total. The molecule has 0 unspecified atom stereocenters. The van der Waals surface area contributed by atoms with E-state index in [1.807, 2.05) is 31.1 Å². The van der Waals surface area contributed by atoms with Gasteiger partial charge in [-0.15, -0.1) is 0 Å². The van der Waals surface area contributed by atoms with Gasteiger partial charge in [-0.05, 0) is 18.6 Å². The predicted molar refractivity (Wildman–Crippen MR) is 106 cm³/mol. The monoisotopic (exact) mass is 399 g/mol. The number of ether oxygens (including phenoxy) is 1. The van der Waals surface area contributed by atoms with E-state index in [9.17, 15) is 8.42 Å². The summed E-state index contributed by atoms with van der Waals surface area (Å²) >= 11 is 0. The standard InChI is InChI=1S/C19H21N5O3S/c1-23(2)17-11-20-12-18(22-17)27-15-8-10-24(13-15)28(25,26)16-7-3-5-14-6-4-9-21-19(14)16/h3-7,9,11-12,15H,8,10,13H2,1-2H3/t15-/m1/s1. The SMILES string of the molecule is CN(C)c1cncc(O[C@@H]2CCN(S(=O)(=O)c3cccc4cccnc34)C2)n1. The molecule has 28 heavy (non-hydrogen) atoms. The molecule has 0 amide bonds. The summed E-state index contributed by atoms with van der Waals surface area (Å²) < 4.78 is 33.7. The summed E-state index contributed by atoms with van der Waals surface area (Å²) in [4.78, 5) is 14.8. The lowest BCUT2D eigenvalue weighted by atomic mass is 10.2. The van der Waals surface area contributed by atoms with Crippen LogP contribution in [-0.2, 0) is 10.0 Å². The largest absolute Gasteiger partial charge is 0.472 e. The van der Waals surface area contributed by atoms with E-state index in [0.717, 1.165) is 5.39 Å². The van der Waals surface area contributed by atoms with Gasteiger partial charge < -0.3 is 9.64 Å². The molecule has 1 aliphatic rings. The van der Waals surface area contributed by atoms with Crippen LogP contribution in [0.2, 0.25) is 0 Å². The van der Waals surface area contributed by atoms with Crippen LogP contribution < -0.4 is 9.64 Å². The summed E-state index contributed by atoms with van der Waals surface area (Å²) in [5.74, 6) is 1.07. The van der Waals surface area contributed by atoms with Crippen LogP contribution in [0.15, 0.2) is 53.8 Å². The van der Waals surface area contributed by atoms with Crippen LogP contribution in [0.3, 0.4) is 0 Å². The Balaban J connectivity index is 1.54. The second-order valence-corrected chi connectivity index (χ2v) is 8.74. The molecular weight excluding hydrogens is 378 g/mol. The Morgan fingerprint density at radius 1 is 1.18 bits per heavy atom. The van der Waals surface area contributed by atoms with Gasteiger partial charge in [0, 0.05) is 32.2 Å².